The first-order valence-corrected chi connectivity index (χ1v) is 6.95. The molecule has 112 valence electrons. The summed E-state index contributed by atoms with van der Waals surface area (Å²) in [6, 6.07) is 4.48. The minimum Gasteiger partial charge on any atom is -0.365 e. The van der Waals surface area contributed by atoms with Crippen LogP contribution < -0.4 is 4.90 Å². The number of rotatable bonds is 2. The van der Waals surface area contributed by atoms with Crippen molar-refractivity contribution in [1.82, 2.24) is 0 Å². The van der Waals surface area contributed by atoms with Gasteiger partial charge in [-0.3, -0.25) is 19.7 Å². The summed E-state index contributed by atoms with van der Waals surface area (Å²) in [7, 11) is 0. The minimum atomic E-state index is -0.569. The number of ether oxygens (including phenoxy) is 1. The van der Waals surface area contributed by atoms with E-state index in [1.165, 1.54) is 12.1 Å². The summed E-state index contributed by atoms with van der Waals surface area (Å²) in [4.78, 5) is 36.9. The maximum Gasteiger partial charge on any atom is 0.293 e. The minimum absolute atomic E-state index is 0.0411. The van der Waals surface area contributed by atoms with Gasteiger partial charge in [0.2, 0.25) is 11.8 Å². The summed E-state index contributed by atoms with van der Waals surface area (Å²) in [6.45, 7) is 1.72. The highest BCUT2D eigenvalue weighted by Crippen LogP contribution is 2.47. The molecule has 0 radical (unpaired) electrons. The normalized spacial score (nSPS) is 32.0. The molecule has 0 aromatic heterocycles. The number of hydrogen-bond donors (Lipinski definition) is 0. The van der Waals surface area contributed by atoms with Crippen LogP contribution >= 0.6 is 0 Å². The van der Waals surface area contributed by atoms with Gasteiger partial charge in [0.05, 0.1) is 29.0 Å². The molecule has 7 heteroatoms. The number of imide groups is 1. The predicted molar refractivity (Wildman–Crippen MR) is 75.1 cm³/mol. The van der Waals surface area contributed by atoms with E-state index in [2.05, 4.69) is 0 Å². The maximum atomic E-state index is 12.6. The molecular weight excluding hydrogens is 288 g/mol. The molecule has 0 aliphatic carbocycles. The first-order valence-electron chi connectivity index (χ1n) is 6.95. The molecule has 0 unspecified atom stereocenters. The van der Waals surface area contributed by atoms with Gasteiger partial charge < -0.3 is 4.74 Å². The molecule has 2 bridgehead atoms. The maximum absolute atomic E-state index is 12.6. The Kier molecular flexibility index (Phi) is 2.53. The van der Waals surface area contributed by atoms with E-state index < -0.39 is 40.8 Å². The fraction of sp³-hybridized carbons (Fsp3) is 0.333. The van der Waals surface area contributed by atoms with Crippen molar-refractivity contribution in [2.45, 2.75) is 19.1 Å². The van der Waals surface area contributed by atoms with Gasteiger partial charge in [-0.2, -0.15) is 0 Å². The molecule has 7 nitrogen and oxygen atoms in total. The average molecular weight is 300 g/mol. The van der Waals surface area contributed by atoms with Gasteiger partial charge in [0.15, 0.2) is 0 Å². The molecule has 4 atom stereocenters. The van der Waals surface area contributed by atoms with Gasteiger partial charge in [0.25, 0.3) is 5.69 Å². The summed E-state index contributed by atoms with van der Waals surface area (Å²) < 4.78 is 5.55. The van der Waals surface area contributed by atoms with Crippen molar-refractivity contribution < 1.29 is 19.2 Å². The predicted octanol–water partition coefficient (Wildman–Crippen LogP) is 1.35. The number of nitro groups is 1. The molecule has 3 aliphatic rings. The summed E-state index contributed by atoms with van der Waals surface area (Å²) >= 11 is 0. The van der Waals surface area contributed by atoms with Crippen LogP contribution in [0.1, 0.15) is 5.56 Å². The van der Waals surface area contributed by atoms with Crippen LogP contribution in [0.5, 0.6) is 0 Å². The molecule has 1 aromatic carbocycles. The zero-order valence-electron chi connectivity index (χ0n) is 11.6. The van der Waals surface area contributed by atoms with Crippen molar-refractivity contribution in [3.05, 3.63) is 46.0 Å². The average Bonchev–Trinajstić information content (AvgIpc) is 3.14. The Morgan fingerprint density at radius 2 is 1.73 bits per heavy atom. The second-order valence-corrected chi connectivity index (χ2v) is 5.76. The SMILES string of the molecule is Cc1ccc(N2C(=O)[C@@H]3[C@@H](C2=O)[C@H]2C=C[C@H]3O2)c([N+](=O)[O-])c1. The van der Waals surface area contributed by atoms with Gasteiger partial charge in [0, 0.05) is 6.07 Å². The molecule has 2 amide bonds. The molecule has 3 heterocycles. The third-order valence-electron chi connectivity index (χ3n) is 4.48. The molecule has 3 aliphatic heterocycles. The van der Waals surface area contributed by atoms with Crippen molar-refractivity contribution in [1.29, 1.82) is 0 Å². The number of amides is 2. The van der Waals surface area contributed by atoms with Gasteiger partial charge in [0.1, 0.15) is 5.69 Å². The summed E-state index contributed by atoms with van der Waals surface area (Å²) in [5.41, 5.74) is 0.502. The van der Waals surface area contributed by atoms with Gasteiger partial charge >= 0.3 is 0 Å². The van der Waals surface area contributed by atoms with Gasteiger partial charge in [-0.05, 0) is 18.6 Å². The third-order valence-corrected chi connectivity index (χ3v) is 4.48. The standard InChI is InChI=1S/C15H12N2O5/c1-7-2-3-8(9(6-7)17(20)21)16-14(18)12-10-4-5-11(22-10)13(12)15(16)19/h2-6,10-13H,1H3/t10-,11-,12+,13+/m1/s1. The first-order chi connectivity index (χ1) is 10.5. The Hall–Kier alpha value is -2.54. The first kappa shape index (κ1) is 13.1. The third kappa shape index (κ3) is 1.54. The lowest BCUT2D eigenvalue weighted by Gasteiger charge is -2.17. The number of aryl methyl sites for hydroxylation is 1. The highest BCUT2D eigenvalue weighted by atomic mass is 16.6. The molecule has 2 saturated heterocycles. The highest BCUT2D eigenvalue weighted by molar-refractivity contribution is 6.24. The van der Waals surface area contributed by atoms with E-state index in [1.807, 2.05) is 0 Å². The lowest BCUT2D eigenvalue weighted by atomic mass is 9.85. The summed E-state index contributed by atoms with van der Waals surface area (Å²) in [5, 5.41) is 11.3. The van der Waals surface area contributed by atoms with Crippen molar-refractivity contribution in [3.8, 4) is 0 Å². The van der Waals surface area contributed by atoms with Crippen molar-refractivity contribution >= 4 is 23.2 Å². The Balaban J connectivity index is 1.81. The van der Waals surface area contributed by atoms with Crippen LogP contribution in [0.25, 0.3) is 0 Å². The quantitative estimate of drug-likeness (QED) is 0.356. The summed E-state index contributed by atoms with van der Waals surface area (Å²) in [6.07, 6.45) is 2.76. The zero-order chi connectivity index (χ0) is 15.6. The highest BCUT2D eigenvalue weighted by Gasteiger charge is 2.61. The second-order valence-electron chi connectivity index (χ2n) is 5.76. The lowest BCUT2D eigenvalue weighted by molar-refractivity contribution is -0.384. The van der Waals surface area contributed by atoms with Crippen LogP contribution in [0.15, 0.2) is 30.4 Å². The number of benzene rings is 1. The molecule has 0 spiro atoms. The van der Waals surface area contributed by atoms with Crippen LogP contribution in [-0.2, 0) is 14.3 Å². The Bertz CT molecular complexity index is 726. The molecule has 0 N–H and O–H groups in total. The van der Waals surface area contributed by atoms with Gasteiger partial charge in [-0.15, -0.1) is 0 Å². The number of nitro benzene ring substituents is 1. The number of nitrogens with zero attached hydrogens (tertiary/aromatic N) is 2. The van der Waals surface area contributed by atoms with E-state index in [4.69, 9.17) is 4.74 Å². The molecule has 1 aromatic rings. The Labute approximate surface area is 125 Å². The van der Waals surface area contributed by atoms with Crippen LogP contribution in [0.4, 0.5) is 11.4 Å². The lowest BCUT2D eigenvalue weighted by Crippen LogP contribution is -2.34. The van der Waals surface area contributed by atoms with E-state index in [0.717, 1.165) is 4.90 Å². The van der Waals surface area contributed by atoms with Crippen molar-refractivity contribution in [2.75, 3.05) is 4.90 Å². The van der Waals surface area contributed by atoms with E-state index in [0.29, 0.717) is 5.56 Å². The number of anilines is 1. The second kappa shape index (κ2) is 4.23. The monoisotopic (exact) mass is 300 g/mol. The zero-order valence-corrected chi connectivity index (χ0v) is 11.6. The van der Waals surface area contributed by atoms with Crippen LogP contribution in [-0.4, -0.2) is 28.9 Å². The Morgan fingerprint density at radius 3 is 2.27 bits per heavy atom. The van der Waals surface area contributed by atoms with Crippen molar-refractivity contribution in [2.24, 2.45) is 11.8 Å². The smallest absolute Gasteiger partial charge is 0.293 e. The van der Waals surface area contributed by atoms with E-state index in [1.54, 1.807) is 25.1 Å². The molecule has 0 saturated carbocycles. The van der Waals surface area contributed by atoms with Crippen molar-refractivity contribution in [3.63, 3.8) is 0 Å². The number of fused-ring (bicyclic) bond motifs is 5. The van der Waals surface area contributed by atoms with Crippen LogP contribution in [0.3, 0.4) is 0 Å². The van der Waals surface area contributed by atoms with Gasteiger partial charge in [-0.25, -0.2) is 4.90 Å². The topological polar surface area (TPSA) is 89.8 Å². The van der Waals surface area contributed by atoms with Crippen LogP contribution in [0, 0.1) is 28.9 Å². The molecule has 4 rings (SSSR count). The van der Waals surface area contributed by atoms with E-state index >= 15 is 0 Å². The number of carbonyl (C=O) groups excluding carboxylic acids is 2. The van der Waals surface area contributed by atoms with Crippen LogP contribution in [0.2, 0.25) is 0 Å². The number of hydrogen-bond acceptors (Lipinski definition) is 5. The molecule has 2 fully saturated rings. The molecular formula is C15H12N2O5. The fourth-order valence-electron chi connectivity index (χ4n) is 3.51. The van der Waals surface area contributed by atoms with Gasteiger partial charge in [-0.1, -0.05) is 18.2 Å². The largest absolute Gasteiger partial charge is 0.365 e. The molecule has 22 heavy (non-hydrogen) atoms. The summed E-state index contributed by atoms with van der Waals surface area (Å²) in [5.74, 6) is -1.97. The van der Waals surface area contributed by atoms with E-state index in [9.17, 15) is 19.7 Å². The van der Waals surface area contributed by atoms with E-state index in [-0.39, 0.29) is 11.4 Å². The fourth-order valence-corrected chi connectivity index (χ4v) is 3.51. The Morgan fingerprint density at radius 1 is 1.14 bits per heavy atom. The number of carbonyl (C=O) groups is 2.